The number of nitrogens with one attached hydrogen (secondary N) is 1. The highest BCUT2D eigenvalue weighted by Crippen LogP contribution is 2.07. The fourth-order valence-electron chi connectivity index (χ4n) is 1.74. The van der Waals surface area contributed by atoms with Crippen molar-refractivity contribution < 1.29 is 4.74 Å². The van der Waals surface area contributed by atoms with Crippen LogP contribution in [-0.4, -0.2) is 44.7 Å². The van der Waals surface area contributed by atoms with Crippen LogP contribution in [0, 0.1) is 0 Å². The Bertz CT molecular complexity index is 421. The molecule has 5 heteroatoms. The van der Waals surface area contributed by atoms with E-state index >= 15 is 0 Å². The molecule has 1 rings (SSSR count). The molecule has 0 bridgehead atoms. The van der Waals surface area contributed by atoms with Gasteiger partial charge in [-0.15, -0.1) is 24.0 Å². The van der Waals surface area contributed by atoms with Crippen LogP contribution < -0.4 is 10.1 Å². The van der Waals surface area contributed by atoms with Crippen LogP contribution in [0.3, 0.4) is 0 Å². The number of nitrogens with zero attached hydrogens (tertiary/aromatic N) is 2. The van der Waals surface area contributed by atoms with E-state index in [0.717, 1.165) is 31.2 Å². The molecule has 1 N–H and O–H groups in total. The maximum absolute atomic E-state index is 5.68. The largest absolute Gasteiger partial charge is 0.492 e. The molecule has 0 amide bonds. The van der Waals surface area contributed by atoms with Crippen molar-refractivity contribution in [2.45, 2.75) is 13.3 Å². The average molecular weight is 403 g/mol. The van der Waals surface area contributed by atoms with E-state index in [2.05, 4.69) is 27.4 Å². The number of guanidine groups is 1. The third-order valence-electron chi connectivity index (χ3n) is 2.84. The van der Waals surface area contributed by atoms with Crippen LogP contribution in [0.4, 0.5) is 0 Å². The highest BCUT2D eigenvalue weighted by Gasteiger charge is 2.04. The Labute approximate surface area is 145 Å². The Kier molecular flexibility index (Phi) is 11.8. The Morgan fingerprint density at radius 3 is 2.67 bits per heavy atom. The van der Waals surface area contributed by atoms with Crippen LogP contribution in [-0.2, 0) is 0 Å². The maximum Gasteiger partial charge on any atom is 0.193 e. The van der Waals surface area contributed by atoms with Gasteiger partial charge in [0.2, 0.25) is 0 Å². The summed E-state index contributed by atoms with van der Waals surface area (Å²) in [5.41, 5.74) is 0. The molecule has 0 saturated carbocycles. The molecule has 0 atom stereocenters. The summed E-state index contributed by atoms with van der Waals surface area (Å²) in [5.74, 6) is 1.79. The van der Waals surface area contributed by atoms with Crippen molar-refractivity contribution in [1.82, 2.24) is 10.2 Å². The molecule has 0 radical (unpaired) electrons. The highest BCUT2D eigenvalue weighted by molar-refractivity contribution is 14.0. The smallest absolute Gasteiger partial charge is 0.193 e. The number of para-hydroxylation sites is 1. The van der Waals surface area contributed by atoms with Crippen LogP contribution in [0.25, 0.3) is 0 Å². The zero-order valence-corrected chi connectivity index (χ0v) is 15.4. The monoisotopic (exact) mass is 403 g/mol. The van der Waals surface area contributed by atoms with Gasteiger partial charge >= 0.3 is 0 Å². The van der Waals surface area contributed by atoms with E-state index in [4.69, 9.17) is 4.74 Å². The molecule has 0 saturated heterocycles. The predicted octanol–water partition coefficient (Wildman–Crippen LogP) is 3.16. The van der Waals surface area contributed by atoms with Gasteiger partial charge in [-0.3, -0.25) is 4.99 Å². The van der Waals surface area contributed by atoms with E-state index in [1.807, 2.05) is 44.3 Å². The normalized spacial score (nSPS) is 11.1. The Hall–Kier alpha value is -1.24. The molecule has 0 spiro atoms. The predicted molar refractivity (Wildman–Crippen MR) is 101 cm³/mol. The van der Waals surface area contributed by atoms with Gasteiger partial charge in [-0.2, -0.15) is 0 Å². The standard InChI is InChI=1S/C16H25N3O.HI/c1-4-5-9-12-18-16(17-2)19(3)13-14-20-15-10-7-6-8-11-15;/h4-8,10-11H,9,12-14H2,1-3H3,(H,17,18);1H/b5-4+;. The van der Waals surface area contributed by atoms with Gasteiger partial charge in [0.1, 0.15) is 12.4 Å². The van der Waals surface area contributed by atoms with Gasteiger partial charge < -0.3 is 15.0 Å². The van der Waals surface area contributed by atoms with Crippen molar-refractivity contribution in [3.8, 4) is 5.75 Å². The minimum absolute atomic E-state index is 0. The fraction of sp³-hybridized carbons (Fsp3) is 0.438. The van der Waals surface area contributed by atoms with Crippen molar-refractivity contribution in [2.75, 3.05) is 33.8 Å². The van der Waals surface area contributed by atoms with Crippen LogP contribution in [0.15, 0.2) is 47.5 Å². The van der Waals surface area contributed by atoms with Crippen LogP contribution in [0.5, 0.6) is 5.75 Å². The summed E-state index contributed by atoms with van der Waals surface area (Å²) >= 11 is 0. The number of likely N-dealkylation sites (N-methyl/N-ethyl adjacent to an activating group) is 1. The second-order valence-corrected chi connectivity index (χ2v) is 4.41. The number of hydrogen-bond donors (Lipinski definition) is 1. The number of aliphatic imine (C=N–C) groups is 1. The summed E-state index contributed by atoms with van der Waals surface area (Å²) < 4.78 is 5.68. The molecule has 1 aromatic rings. The van der Waals surface area contributed by atoms with Gasteiger partial charge in [0.15, 0.2) is 5.96 Å². The zero-order valence-electron chi connectivity index (χ0n) is 13.1. The maximum atomic E-state index is 5.68. The van der Waals surface area contributed by atoms with Gasteiger partial charge in [0.05, 0.1) is 6.54 Å². The fourth-order valence-corrected chi connectivity index (χ4v) is 1.74. The number of halogens is 1. The molecule has 0 aromatic heterocycles. The van der Waals surface area contributed by atoms with Gasteiger partial charge in [0, 0.05) is 20.6 Å². The van der Waals surface area contributed by atoms with Gasteiger partial charge in [0.25, 0.3) is 0 Å². The Balaban J connectivity index is 0.00000400. The van der Waals surface area contributed by atoms with Crippen molar-refractivity contribution in [1.29, 1.82) is 0 Å². The lowest BCUT2D eigenvalue weighted by Gasteiger charge is -2.22. The summed E-state index contributed by atoms with van der Waals surface area (Å²) in [5, 5.41) is 3.32. The summed E-state index contributed by atoms with van der Waals surface area (Å²) in [6, 6.07) is 9.85. The SMILES string of the molecule is C/C=C/CCNC(=NC)N(C)CCOc1ccccc1.I. The van der Waals surface area contributed by atoms with E-state index in [1.165, 1.54) is 0 Å². The van der Waals surface area contributed by atoms with Gasteiger partial charge in [-0.25, -0.2) is 0 Å². The van der Waals surface area contributed by atoms with Crippen LogP contribution >= 0.6 is 24.0 Å². The molecule has 0 fully saturated rings. The lowest BCUT2D eigenvalue weighted by Crippen LogP contribution is -2.41. The second-order valence-electron chi connectivity index (χ2n) is 4.41. The molecule has 1 aromatic carbocycles. The minimum atomic E-state index is 0. The summed E-state index contributed by atoms with van der Waals surface area (Å²) in [6.45, 7) is 4.34. The first-order valence-electron chi connectivity index (χ1n) is 6.98. The quantitative estimate of drug-likeness (QED) is 0.250. The van der Waals surface area contributed by atoms with Crippen molar-refractivity contribution in [2.24, 2.45) is 4.99 Å². The minimum Gasteiger partial charge on any atom is -0.492 e. The van der Waals surface area contributed by atoms with E-state index in [-0.39, 0.29) is 24.0 Å². The summed E-state index contributed by atoms with van der Waals surface area (Å²) in [6.07, 6.45) is 5.20. The summed E-state index contributed by atoms with van der Waals surface area (Å²) in [7, 11) is 3.81. The van der Waals surface area contributed by atoms with E-state index in [9.17, 15) is 0 Å². The third kappa shape index (κ3) is 8.60. The van der Waals surface area contributed by atoms with Crippen LogP contribution in [0.1, 0.15) is 13.3 Å². The third-order valence-corrected chi connectivity index (χ3v) is 2.84. The van der Waals surface area contributed by atoms with Crippen molar-refractivity contribution in [3.05, 3.63) is 42.5 Å². The average Bonchev–Trinajstić information content (AvgIpc) is 2.48. The lowest BCUT2D eigenvalue weighted by atomic mass is 10.3. The molecule has 0 unspecified atom stereocenters. The number of ether oxygens (including phenoxy) is 1. The van der Waals surface area contributed by atoms with E-state index in [0.29, 0.717) is 6.61 Å². The molecule has 4 nitrogen and oxygen atoms in total. The summed E-state index contributed by atoms with van der Waals surface area (Å²) in [4.78, 5) is 6.33. The number of benzene rings is 1. The number of rotatable bonds is 7. The zero-order chi connectivity index (χ0) is 14.6. The molecule has 0 aliphatic carbocycles. The highest BCUT2D eigenvalue weighted by atomic mass is 127. The van der Waals surface area contributed by atoms with Gasteiger partial charge in [-0.05, 0) is 25.5 Å². The Morgan fingerprint density at radius 1 is 1.33 bits per heavy atom. The Morgan fingerprint density at radius 2 is 2.05 bits per heavy atom. The first kappa shape index (κ1) is 19.8. The molecule has 0 aliphatic rings. The van der Waals surface area contributed by atoms with Crippen LogP contribution in [0.2, 0.25) is 0 Å². The van der Waals surface area contributed by atoms with Crippen molar-refractivity contribution >= 4 is 29.9 Å². The molecule has 0 aliphatic heterocycles. The first-order chi connectivity index (χ1) is 9.77. The molecular weight excluding hydrogens is 377 g/mol. The molecule has 21 heavy (non-hydrogen) atoms. The number of hydrogen-bond acceptors (Lipinski definition) is 2. The molecule has 0 heterocycles. The lowest BCUT2D eigenvalue weighted by molar-refractivity contribution is 0.281. The molecular formula is C16H26IN3O. The molecule has 118 valence electrons. The van der Waals surface area contributed by atoms with E-state index < -0.39 is 0 Å². The van der Waals surface area contributed by atoms with Crippen molar-refractivity contribution in [3.63, 3.8) is 0 Å². The topological polar surface area (TPSA) is 36.9 Å². The number of allylic oxidation sites excluding steroid dienone is 1. The first-order valence-corrected chi connectivity index (χ1v) is 6.98. The second kappa shape index (κ2) is 12.5. The van der Waals surface area contributed by atoms with E-state index in [1.54, 1.807) is 7.05 Å². The van der Waals surface area contributed by atoms with Gasteiger partial charge in [-0.1, -0.05) is 30.4 Å².